The summed E-state index contributed by atoms with van der Waals surface area (Å²) in [5.41, 5.74) is 4.09. The number of methoxy groups -OCH3 is 2. The van der Waals surface area contributed by atoms with Crippen molar-refractivity contribution < 1.29 is 44.9 Å². The Balaban J connectivity index is 1.05. The molecule has 2 fully saturated rings. The number of likely N-dealkylation sites (tertiary alicyclic amines) is 2. The van der Waals surface area contributed by atoms with E-state index in [1.165, 1.54) is 13.3 Å². The molecule has 4 amide bonds. The minimum atomic E-state index is -3.20. The minimum absolute atomic E-state index is 0.138. The van der Waals surface area contributed by atoms with Crippen LogP contribution in [0.2, 0.25) is 0 Å². The van der Waals surface area contributed by atoms with Crippen molar-refractivity contribution in [3.05, 3.63) is 66.3 Å². The van der Waals surface area contributed by atoms with E-state index in [9.17, 15) is 28.0 Å². The zero-order chi connectivity index (χ0) is 45.1. The molecule has 0 spiro atoms. The molecule has 2 saturated heterocycles. The van der Waals surface area contributed by atoms with Gasteiger partial charge in [-0.2, -0.15) is 0 Å². The summed E-state index contributed by atoms with van der Waals surface area (Å²) in [5, 5.41) is 5.47. The molecule has 8 rings (SSSR count). The van der Waals surface area contributed by atoms with Gasteiger partial charge in [0.15, 0.2) is 0 Å². The summed E-state index contributed by atoms with van der Waals surface area (Å²) in [6.45, 7) is 6.79. The van der Waals surface area contributed by atoms with Gasteiger partial charge in [0.1, 0.15) is 0 Å². The topological polar surface area (TPSA) is 189 Å². The van der Waals surface area contributed by atoms with Crippen molar-refractivity contribution in [3.8, 4) is 39.5 Å². The molecule has 4 N–H and O–H groups in total. The van der Waals surface area contributed by atoms with Crippen LogP contribution in [0.25, 0.3) is 44.7 Å². The van der Waals surface area contributed by atoms with Crippen LogP contribution in [0, 0.1) is 17.7 Å². The number of carbonyl (C=O) groups is 4. The maximum atomic E-state index is 16.8. The van der Waals surface area contributed by atoms with Crippen LogP contribution in [-0.4, -0.2) is 107 Å². The van der Waals surface area contributed by atoms with Crippen molar-refractivity contribution in [1.82, 2.24) is 43.1 Å². The van der Waals surface area contributed by atoms with Crippen molar-refractivity contribution in [1.29, 1.82) is 0 Å². The van der Waals surface area contributed by atoms with Gasteiger partial charge in [0.2, 0.25) is 0 Å². The summed E-state index contributed by atoms with van der Waals surface area (Å²) in [7, 11) is 2.41. The summed E-state index contributed by atoms with van der Waals surface area (Å²) in [6, 6.07) is 7.54. The zero-order valence-electron chi connectivity index (χ0n) is 35.7. The zero-order valence-corrected chi connectivity index (χ0v) is 37.9. The van der Waals surface area contributed by atoms with Crippen LogP contribution in [0.15, 0.2) is 48.8 Å². The maximum absolute atomic E-state index is 16.8. The number of amides is 4. The average molecular weight is 988 g/mol. The summed E-state index contributed by atoms with van der Waals surface area (Å²) in [6.07, 6.45) is 2.46. The Labute approximate surface area is 368 Å². The number of imidazole rings is 2. The Morgan fingerprint density at radius 3 is 2.03 bits per heavy atom. The number of nitrogens with one attached hydrogen (secondary N) is 4. The van der Waals surface area contributed by atoms with E-state index in [1.807, 2.05) is 39.8 Å². The first-order chi connectivity index (χ1) is 30.0. The Hall–Kier alpha value is -5.80. The van der Waals surface area contributed by atoms with Crippen LogP contribution >= 0.6 is 20.5 Å². The first-order valence-corrected chi connectivity index (χ1v) is 24.6. The van der Waals surface area contributed by atoms with Crippen LogP contribution in [0.4, 0.5) is 22.8 Å². The van der Waals surface area contributed by atoms with Crippen molar-refractivity contribution in [3.63, 3.8) is 0 Å². The number of rotatable bonds is 10. The molecule has 2 aromatic carbocycles. The molecule has 63 heavy (non-hydrogen) atoms. The third-order valence-corrected chi connectivity index (χ3v) is 15.3. The summed E-state index contributed by atoms with van der Waals surface area (Å²) < 4.78 is 64.6. The van der Waals surface area contributed by atoms with Gasteiger partial charge in [0.05, 0.1) is 14.2 Å². The van der Waals surface area contributed by atoms with Gasteiger partial charge in [-0.25, -0.2) is 9.59 Å². The average Bonchev–Trinajstić information content (AvgIpc) is 4.11. The number of aromatic nitrogens is 5. The number of alkyl carbamates (subject to hydrolysis) is 2. The Morgan fingerprint density at radius 2 is 1.43 bits per heavy atom. The number of ether oxygens (including phenoxy) is 2. The molecule has 3 aliphatic rings. The molecule has 0 bridgehead atoms. The largest absolute Gasteiger partial charge is 0.0603 e. The number of benzene rings is 2. The molecule has 4 atom stereocenters. The second-order valence-electron chi connectivity index (χ2n) is 16.7. The fraction of sp³-hybridized carbons (Fsp3) is 0.442. The van der Waals surface area contributed by atoms with Crippen molar-refractivity contribution in [2.75, 3.05) is 32.2 Å². The van der Waals surface area contributed by atoms with Gasteiger partial charge in [0.25, 0.3) is 0 Å². The van der Waals surface area contributed by atoms with Gasteiger partial charge in [-0.1, -0.05) is 27.7 Å². The predicted molar refractivity (Wildman–Crippen MR) is 235 cm³/mol. The van der Waals surface area contributed by atoms with E-state index >= 15 is 4.39 Å². The number of H-pyrrole nitrogens is 2. The summed E-state index contributed by atoms with van der Waals surface area (Å²) in [5.74, 6) is -3.82. The quantitative estimate of drug-likeness (QED) is 0.0801. The number of fused-ring (bicyclic) bond motifs is 5. The van der Waals surface area contributed by atoms with E-state index in [0.717, 1.165) is 24.0 Å². The fourth-order valence-corrected chi connectivity index (χ4v) is 12.2. The molecule has 0 aliphatic carbocycles. The fourth-order valence-electron chi connectivity index (χ4n) is 8.63. The molecule has 336 valence electrons. The number of carbonyl (C=O) groups excluding carboxylic acids is 4. The third kappa shape index (κ3) is 8.16. The Kier molecular flexibility index (Phi) is 11.9. The molecule has 3 aromatic heterocycles. The van der Waals surface area contributed by atoms with Crippen LogP contribution in [0.5, 0.6) is 5.75 Å². The molecule has 3 aliphatic heterocycles. The molecule has 6 heterocycles. The molecular weight excluding hydrogens is 938 g/mol. The van der Waals surface area contributed by atoms with Gasteiger partial charge in [0, 0.05) is 0 Å². The van der Waals surface area contributed by atoms with Crippen LogP contribution in [0.3, 0.4) is 0 Å². The van der Waals surface area contributed by atoms with Gasteiger partial charge in [-0.3, -0.25) is 0 Å². The first-order valence-electron chi connectivity index (χ1n) is 20.6. The van der Waals surface area contributed by atoms with E-state index in [2.05, 4.69) is 35.3 Å². The first kappa shape index (κ1) is 43.8. The van der Waals surface area contributed by atoms with Gasteiger partial charge < -0.3 is 14.8 Å². The van der Waals surface area contributed by atoms with Crippen molar-refractivity contribution in [2.24, 2.45) is 11.8 Å². The third-order valence-electron chi connectivity index (χ3n) is 11.8. The van der Waals surface area contributed by atoms with Crippen LogP contribution in [0.1, 0.15) is 70.7 Å². The molecule has 20 heteroatoms. The van der Waals surface area contributed by atoms with E-state index in [0.29, 0.717) is 63.7 Å². The molecule has 0 radical (unpaired) electrons. The second kappa shape index (κ2) is 17.1. The second-order valence-corrected chi connectivity index (χ2v) is 20.3. The number of alkyl halides is 3. The van der Waals surface area contributed by atoms with Crippen LogP contribution < -0.4 is 13.7 Å². The maximum Gasteiger partial charge on any atom is -0.0175 e. The summed E-state index contributed by atoms with van der Waals surface area (Å²) >= 11 is -2.51. The van der Waals surface area contributed by atoms with Crippen LogP contribution in [-0.2, 0) is 19.1 Å². The van der Waals surface area contributed by atoms with Gasteiger partial charge in [-0.05, 0) is 5.92 Å². The predicted octanol–water partition coefficient (Wildman–Crippen LogP) is 7.77. The molecule has 0 unspecified atom stereocenters. The smallest absolute Gasteiger partial charge is 0.0175 e. The van der Waals surface area contributed by atoms with E-state index in [-0.39, 0.29) is 23.7 Å². The molecular formula is C43H49F3IN9O7. The Bertz CT molecular complexity index is 2590. The summed E-state index contributed by atoms with van der Waals surface area (Å²) in [4.78, 5) is 71.6. The standard InChI is InChI=1S/C43H49F3IN9O7/c1-21(2)34(52-41(59)61-6)39(57)54-14-8-9-30(54)37-48-19-28(50-37)24-10-12-25-32(16-24)63-47(5)56-29-13-11-23(15-26(29)33(44)36(25)56)27-18-49-38(51-27)31-17-43(45,46)20-55(31)40(58)35(22(3)4)53-42(60)62-7/h10-13,15-16,18-19,21-22,30-31,34-35H,8-9,14,17,20H2,1-7H3,(H,48,50)(H,49,51)(H,52,59)(H,53,60)/t30-,31+,34-,35-/m0/s1. The van der Waals surface area contributed by atoms with Crippen molar-refractivity contribution in [2.45, 2.75) is 77.0 Å². The number of hydrogen-bond acceptors (Lipinski definition) is 9. The SMILES string of the molecule is COC(=O)N[C@H](C(=O)N1CC(F)(F)C[C@@H]1c1ncc(-c2ccc3c(c2)c(F)c2n3I(C)Oc3cc(-c4cnc([C@@H]5CCCN5C(=O)[C@@H](NC(=O)OC)C(C)C)[nH]4)ccc3-2)[nH]1)C(C)C. The number of aromatic amines is 2. The van der Waals surface area contributed by atoms with Gasteiger partial charge in [-0.15, -0.1) is 0 Å². The number of hydrogen-bond donors (Lipinski definition) is 4. The molecule has 16 nitrogen and oxygen atoms in total. The Morgan fingerprint density at radius 1 is 0.857 bits per heavy atom. The number of nitrogens with zero attached hydrogens (tertiary/aromatic N) is 5. The van der Waals surface area contributed by atoms with E-state index in [4.69, 9.17) is 7.80 Å². The van der Waals surface area contributed by atoms with E-state index in [1.54, 1.807) is 43.1 Å². The van der Waals surface area contributed by atoms with Crippen molar-refractivity contribution >= 4 is 55.4 Å². The molecule has 0 saturated carbocycles. The van der Waals surface area contributed by atoms with E-state index < -0.39 is 87.4 Å². The monoisotopic (exact) mass is 987 g/mol. The number of halogens is 4. The normalized spacial score (nSPS) is 19.5. The van der Waals surface area contributed by atoms with Gasteiger partial charge >= 0.3 is 298 Å². The molecule has 5 aromatic rings. The minimum Gasteiger partial charge on any atom is -0.0603 e.